The van der Waals surface area contributed by atoms with Crippen LogP contribution in [0.15, 0.2) is 43.0 Å². The zero-order valence-electron chi connectivity index (χ0n) is 5.96. The summed E-state index contributed by atoms with van der Waals surface area (Å²) in [5, 5.41) is 1.16. The third-order valence-electron chi connectivity index (χ3n) is 1.32. The first-order valence-corrected chi connectivity index (χ1v) is 4.82. The van der Waals surface area contributed by atoms with Crippen LogP contribution in [0, 0.1) is 0 Å². The first-order chi connectivity index (χ1) is 4.93. The molecule has 10 heavy (non-hydrogen) atoms. The number of allylic oxidation sites excluding steroid dienone is 1. The number of benzene rings is 1. The van der Waals surface area contributed by atoms with Crippen molar-refractivity contribution >= 4 is 19.6 Å². The Balaban J connectivity index is 2.50. The van der Waals surface area contributed by atoms with Gasteiger partial charge in [-0.3, -0.25) is 0 Å². The van der Waals surface area contributed by atoms with Gasteiger partial charge in [0, 0.05) is 0 Å². The number of rotatable bonds is 3. The van der Waals surface area contributed by atoms with Crippen molar-refractivity contribution in [3.63, 3.8) is 0 Å². The molecule has 1 aromatic carbocycles. The van der Waals surface area contributed by atoms with E-state index >= 15 is 0 Å². The Bertz CT molecular complexity index is 191. The molecule has 0 saturated heterocycles. The number of hydrogen-bond acceptors (Lipinski definition) is 0. The van der Waals surface area contributed by atoms with Gasteiger partial charge < -0.3 is 0 Å². The van der Waals surface area contributed by atoms with Gasteiger partial charge in [-0.1, -0.05) is 0 Å². The average Bonchev–Trinajstić information content (AvgIpc) is 2.03. The Morgan fingerprint density at radius 3 is 2.60 bits per heavy atom. The Kier molecular flexibility index (Phi) is 3.29. The predicted octanol–water partition coefficient (Wildman–Crippen LogP) is 1.62. The van der Waals surface area contributed by atoms with Crippen molar-refractivity contribution in [3.05, 3.63) is 43.0 Å². The Labute approximate surface area is 68.3 Å². The summed E-state index contributed by atoms with van der Waals surface area (Å²) in [6.45, 7) is 3.70. The SMILES string of the molecule is C=C[CH2][Al+][c]1ccccc1. The fraction of sp³-hybridized carbons (Fsp3) is 0.111. The first-order valence-electron chi connectivity index (χ1n) is 3.42. The molecule has 0 aromatic heterocycles. The molecular formula is C9H10Al+. The maximum atomic E-state index is 3.70. The first kappa shape index (κ1) is 7.60. The van der Waals surface area contributed by atoms with Crippen molar-refractivity contribution in [2.24, 2.45) is 0 Å². The van der Waals surface area contributed by atoms with E-state index in [2.05, 4.69) is 36.9 Å². The molecule has 1 aromatic rings. The molecule has 48 valence electrons. The van der Waals surface area contributed by atoms with Gasteiger partial charge in [-0.15, -0.1) is 0 Å². The van der Waals surface area contributed by atoms with Crippen LogP contribution >= 0.6 is 0 Å². The van der Waals surface area contributed by atoms with E-state index in [1.54, 1.807) is 0 Å². The van der Waals surface area contributed by atoms with E-state index in [1.807, 2.05) is 6.08 Å². The predicted molar refractivity (Wildman–Crippen MR) is 46.8 cm³/mol. The Morgan fingerprint density at radius 1 is 1.30 bits per heavy atom. The Morgan fingerprint density at radius 2 is 2.00 bits per heavy atom. The molecule has 0 radical (unpaired) electrons. The zero-order chi connectivity index (χ0) is 7.23. The molecular weight excluding hydrogens is 135 g/mol. The summed E-state index contributed by atoms with van der Waals surface area (Å²) in [4.78, 5) is 0. The summed E-state index contributed by atoms with van der Waals surface area (Å²) in [5.74, 6) is 0. The molecule has 0 fully saturated rings. The van der Waals surface area contributed by atoms with Crippen molar-refractivity contribution in [1.82, 2.24) is 0 Å². The van der Waals surface area contributed by atoms with Crippen molar-refractivity contribution in [1.29, 1.82) is 0 Å². The van der Waals surface area contributed by atoms with Gasteiger partial charge in [0.25, 0.3) is 0 Å². The van der Waals surface area contributed by atoms with Gasteiger partial charge in [0.15, 0.2) is 0 Å². The van der Waals surface area contributed by atoms with Gasteiger partial charge in [-0.25, -0.2) is 0 Å². The van der Waals surface area contributed by atoms with Crippen LogP contribution in [-0.2, 0) is 0 Å². The van der Waals surface area contributed by atoms with E-state index in [1.165, 1.54) is 4.43 Å². The third-order valence-corrected chi connectivity index (χ3v) is 2.75. The molecule has 0 unspecified atom stereocenters. The quantitative estimate of drug-likeness (QED) is 0.448. The third kappa shape index (κ3) is 2.39. The molecule has 1 rings (SSSR count). The molecule has 0 amide bonds. The van der Waals surface area contributed by atoms with E-state index in [0.29, 0.717) is 15.2 Å². The van der Waals surface area contributed by atoms with Crippen molar-refractivity contribution in [2.45, 2.75) is 5.28 Å². The summed E-state index contributed by atoms with van der Waals surface area (Å²) in [5.41, 5.74) is 0. The minimum atomic E-state index is 0.428. The maximum absolute atomic E-state index is 3.70. The van der Waals surface area contributed by atoms with Crippen LogP contribution in [-0.4, -0.2) is 15.2 Å². The van der Waals surface area contributed by atoms with Gasteiger partial charge in [0.05, 0.1) is 0 Å². The van der Waals surface area contributed by atoms with Crippen molar-refractivity contribution in [2.75, 3.05) is 0 Å². The molecule has 1 heteroatoms. The summed E-state index contributed by atoms with van der Waals surface area (Å²) in [6, 6.07) is 10.6. The average molecular weight is 145 g/mol. The van der Waals surface area contributed by atoms with Gasteiger partial charge in [0.1, 0.15) is 0 Å². The molecule has 0 saturated carbocycles. The van der Waals surface area contributed by atoms with Gasteiger partial charge in [-0.05, 0) is 0 Å². The van der Waals surface area contributed by atoms with E-state index in [9.17, 15) is 0 Å². The molecule has 0 spiro atoms. The molecule has 0 aliphatic carbocycles. The van der Waals surface area contributed by atoms with Crippen LogP contribution in [0.5, 0.6) is 0 Å². The van der Waals surface area contributed by atoms with E-state index < -0.39 is 0 Å². The molecule has 0 aliphatic heterocycles. The molecule has 0 aliphatic rings. The second-order valence-corrected chi connectivity index (χ2v) is 3.69. The van der Waals surface area contributed by atoms with Crippen molar-refractivity contribution < 1.29 is 0 Å². The molecule has 0 nitrogen and oxygen atoms in total. The second-order valence-electron chi connectivity index (χ2n) is 2.14. The summed E-state index contributed by atoms with van der Waals surface area (Å²) >= 11 is 0.428. The van der Waals surface area contributed by atoms with Crippen LogP contribution < -0.4 is 4.43 Å². The van der Waals surface area contributed by atoms with Crippen LogP contribution in [0.2, 0.25) is 5.28 Å². The van der Waals surface area contributed by atoms with Crippen molar-refractivity contribution in [3.8, 4) is 0 Å². The van der Waals surface area contributed by atoms with Gasteiger partial charge in [-0.2, -0.15) is 0 Å². The van der Waals surface area contributed by atoms with E-state index in [-0.39, 0.29) is 0 Å². The van der Waals surface area contributed by atoms with Gasteiger partial charge in [0.2, 0.25) is 0 Å². The summed E-state index contributed by atoms with van der Waals surface area (Å²) in [6.07, 6.45) is 1.99. The van der Waals surface area contributed by atoms with Gasteiger partial charge >= 0.3 is 67.9 Å². The normalized spacial score (nSPS) is 8.40. The summed E-state index contributed by atoms with van der Waals surface area (Å²) in [7, 11) is 0. The van der Waals surface area contributed by atoms with E-state index in [4.69, 9.17) is 0 Å². The Hall–Kier alpha value is -0.508. The fourth-order valence-corrected chi connectivity index (χ4v) is 1.74. The standard InChI is InChI=1S/C6H5.C3H5.Al/c1-2-4-6-5-3-1;1-3-2;/h1-5H;3H,1-2H2;/q;;+1. The molecule has 0 heterocycles. The summed E-state index contributed by atoms with van der Waals surface area (Å²) < 4.78 is 1.47. The number of hydrogen-bond donors (Lipinski definition) is 0. The minimum absolute atomic E-state index is 0.428. The zero-order valence-corrected chi connectivity index (χ0v) is 7.11. The topological polar surface area (TPSA) is 0 Å². The van der Waals surface area contributed by atoms with Crippen LogP contribution in [0.3, 0.4) is 0 Å². The second kappa shape index (κ2) is 4.33. The van der Waals surface area contributed by atoms with Crippen LogP contribution in [0.4, 0.5) is 0 Å². The van der Waals surface area contributed by atoms with E-state index in [0.717, 1.165) is 5.28 Å². The molecule has 0 atom stereocenters. The van der Waals surface area contributed by atoms with Crippen LogP contribution in [0.25, 0.3) is 0 Å². The molecule has 0 N–H and O–H groups in total. The van der Waals surface area contributed by atoms with Crippen LogP contribution in [0.1, 0.15) is 0 Å². The monoisotopic (exact) mass is 145 g/mol. The fourth-order valence-electron chi connectivity index (χ4n) is 0.809. The molecule has 0 bridgehead atoms.